The van der Waals surface area contributed by atoms with Crippen molar-refractivity contribution in [2.24, 2.45) is 0 Å². The highest BCUT2D eigenvalue weighted by molar-refractivity contribution is 7.99. The first kappa shape index (κ1) is 15.2. The molecule has 2 rings (SSSR count). The highest BCUT2D eigenvalue weighted by Gasteiger charge is 2.14. The molecule has 0 saturated heterocycles. The summed E-state index contributed by atoms with van der Waals surface area (Å²) in [5, 5.41) is 0. The van der Waals surface area contributed by atoms with E-state index >= 15 is 0 Å². The lowest BCUT2D eigenvalue weighted by Crippen LogP contribution is -1.95. The smallest absolute Gasteiger partial charge is 0.203 e. The summed E-state index contributed by atoms with van der Waals surface area (Å²) >= 11 is 1.54. The second-order valence-electron chi connectivity index (χ2n) is 4.25. The molecule has 0 heterocycles. The second-order valence-corrected chi connectivity index (χ2v) is 5.40. The Labute approximate surface area is 128 Å². The van der Waals surface area contributed by atoms with E-state index in [2.05, 4.69) is 0 Å². The van der Waals surface area contributed by atoms with Crippen molar-refractivity contribution in [2.45, 2.75) is 9.79 Å². The maximum Gasteiger partial charge on any atom is 0.203 e. The van der Waals surface area contributed by atoms with Crippen molar-refractivity contribution in [3.05, 3.63) is 30.3 Å². The molecule has 0 aliphatic carbocycles. The highest BCUT2D eigenvalue weighted by atomic mass is 32.2. The lowest BCUT2D eigenvalue weighted by molar-refractivity contribution is 0.323. The SMILES string of the molecule is COc1cc(Sc2ccc(N)c(N)c2)cc(OC)c1OC. The third-order valence-corrected chi connectivity index (χ3v) is 3.89. The molecule has 0 aromatic heterocycles. The zero-order chi connectivity index (χ0) is 15.4. The van der Waals surface area contributed by atoms with Crippen LogP contribution in [0.25, 0.3) is 0 Å². The molecule has 112 valence electrons. The van der Waals surface area contributed by atoms with Crippen molar-refractivity contribution < 1.29 is 14.2 Å². The first-order valence-electron chi connectivity index (χ1n) is 6.22. The summed E-state index contributed by atoms with van der Waals surface area (Å²) in [6.45, 7) is 0. The van der Waals surface area contributed by atoms with Crippen molar-refractivity contribution in [1.82, 2.24) is 0 Å². The highest BCUT2D eigenvalue weighted by Crippen LogP contribution is 2.42. The maximum absolute atomic E-state index is 5.82. The van der Waals surface area contributed by atoms with Crippen LogP contribution in [0.4, 0.5) is 11.4 Å². The van der Waals surface area contributed by atoms with Gasteiger partial charge in [0.2, 0.25) is 5.75 Å². The Morgan fingerprint density at radius 1 is 0.762 bits per heavy atom. The Morgan fingerprint density at radius 3 is 1.86 bits per heavy atom. The number of anilines is 2. The fraction of sp³-hybridized carbons (Fsp3) is 0.200. The van der Waals surface area contributed by atoms with Gasteiger partial charge in [0, 0.05) is 9.79 Å². The van der Waals surface area contributed by atoms with Crippen LogP contribution in [0.15, 0.2) is 40.1 Å². The van der Waals surface area contributed by atoms with Crippen molar-refractivity contribution >= 4 is 23.1 Å². The number of hydrogen-bond acceptors (Lipinski definition) is 6. The Bertz CT molecular complexity index is 622. The van der Waals surface area contributed by atoms with E-state index in [-0.39, 0.29) is 0 Å². The minimum Gasteiger partial charge on any atom is -0.493 e. The van der Waals surface area contributed by atoms with Crippen LogP contribution in [0.2, 0.25) is 0 Å². The van der Waals surface area contributed by atoms with Crippen molar-refractivity contribution in [1.29, 1.82) is 0 Å². The lowest BCUT2D eigenvalue weighted by atomic mass is 10.3. The molecule has 0 amide bonds. The van der Waals surface area contributed by atoms with E-state index in [1.165, 1.54) is 11.8 Å². The molecule has 2 aromatic rings. The van der Waals surface area contributed by atoms with Gasteiger partial charge in [-0.3, -0.25) is 0 Å². The van der Waals surface area contributed by atoms with Gasteiger partial charge in [-0.05, 0) is 30.3 Å². The van der Waals surface area contributed by atoms with Crippen molar-refractivity contribution in [3.63, 3.8) is 0 Å². The van der Waals surface area contributed by atoms with E-state index < -0.39 is 0 Å². The number of benzene rings is 2. The maximum atomic E-state index is 5.82. The van der Waals surface area contributed by atoms with Gasteiger partial charge in [-0.1, -0.05) is 11.8 Å². The topological polar surface area (TPSA) is 79.7 Å². The fourth-order valence-electron chi connectivity index (χ4n) is 1.87. The summed E-state index contributed by atoms with van der Waals surface area (Å²) < 4.78 is 16.0. The molecular weight excluding hydrogens is 288 g/mol. The summed E-state index contributed by atoms with van der Waals surface area (Å²) in [5.74, 6) is 1.80. The average molecular weight is 306 g/mol. The van der Waals surface area contributed by atoms with Gasteiger partial charge in [0.25, 0.3) is 0 Å². The predicted molar refractivity (Wildman–Crippen MR) is 85.5 cm³/mol. The predicted octanol–water partition coefficient (Wildman–Crippen LogP) is 3.03. The van der Waals surface area contributed by atoms with Crippen molar-refractivity contribution in [2.75, 3.05) is 32.8 Å². The molecule has 0 saturated carbocycles. The molecule has 0 aliphatic heterocycles. The molecule has 0 radical (unpaired) electrons. The largest absolute Gasteiger partial charge is 0.493 e. The Morgan fingerprint density at radius 2 is 1.38 bits per heavy atom. The Kier molecular flexibility index (Phi) is 4.70. The minimum atomic E-state index is 0.562. The molecule has 0 aliphatic rings. The van der Waals surface area contributed by atoms with Gasteiger partial charge in [-0.25, -0.2) is 0 Å². The quantitative estimate of drug-likeness (QED) is 0.827. The fourth-order valence-corrected chi connectivity index (χ4v) is 2.79. The van der Waals surface area contributed by atoms with Crippen LogP contribution in [-0.4, -0.2) is 21.3 Å². The average Bonchev–Trinajstić information content (AvgIpc) is 2.49. The number of hydrogen-bond donors (Lipinski definition) is 2. The second kappa shape index (κ2) is 6.49. The molecule has 0 spiro atoms. The summed E-state index contributed by atoms with van der Waals surface area (Å²) in [6, 6.07) is 9.31. The van der Waals surface area contributed by atoms with Crippen LogP contribution in [-0.2, 0) is 0 Å². The van der Waals surface area contributed by atoms with Gasteiger partial charge in [0.15, 0.2) is 11.5 Å². The van der Waals surface area contributed by atoms with E-state index in [1.807, 2.05) is 24.3 Å². The lowest BCUT2D eigenvalue weighted by Gasteiger charge is -2.14. The van der Waals surface area contributed by atoms with Gasteiger partial charge in [-0.2, -0.15) is 0 Å². The van der Waals surface area contributed by atoms with Gasteiger partial charge in [-0.15, -0.1) is 0 Å². The number of rotatable bonds is 5. The Hall–Kier alpha value is -2.21. The number of nitrogen functional groups attached to an aromatic ring is 2. The van der Waals surface area contributed by atoms with Crippen LogP contribution < -0.4 is 25.7 Å². The van der Waals surface area contributed by atoms with Crippen LogP contribution in [0.3, 0.4) is 0 Å². The van der Waals surface area contributed by atoms with Crippen LogP contribution in [0.5, 0.6) is 17.2 Å². The molecule has 0 atom stereocenters. The normalized spacial score (nSPS) is 10.2. The van der Waals surface area contributed by atoms with Gasteiger partial charge < -0.3 is 25.7 Å². The molecule has 21 heavy (non-hydrogen) atoms. The van der Waals surface area contributed by atoms with Crippen LogP contribution >= 0.6 is 11.8 Å². The first-order valence-corrected chi connectivity index (χ1v) is 7.03. The molecule has 6 heteroatoms. The molecule has 4 N–H and O–H groups in total. The third-order valence-electron chi connectivity index (χ3n) is 2.93. The molecule has 2 aromatic carbocycles. The van der Waals surface area contributed by atoms with Gasteiger partial charge in [0.1, 0.15) is 0 Å². The molecular formula is C15H18N2O3S. The van der Waals surface area contributed by atoms with E-state index in [4.69, 9.17) is 25.7 Å². The molecule has 0 unspecified atom stereocenters. The van der Waals surface area contributed by atoms with E-state index in [0.717, 1.165) is 9.79 Å². The zero-order valence-electron chi connectivity index (χ0n) is 12.2. The van der Waals surface area contributed by atoms with Gasteiger partial charge >= 0.3 is 0 Å². The molecule has 5 nitrogen and oxygen atoms in total. The van der Waals surface area contributed by atoms with Gasteiger partial charge in [0.05, 0.1) is 32.7 Å². The summed E-state index contributed by atoms with van der Waals surface area (Å²) in [7, 11) is 4.76. The summed E-state index contributed by atoms with van der Waals surface area (Å²) in [6.07, 6.45) is 0. The third kappa shape index (κ3) is 3.28. The van der Waals surface area contributed by atoms with E-state index in [1.54, 1.807) is 27.4 Å². The molecule has 0 fully saturated rings. The summed E-state index contributed by atoms with van der Waals surface area (Å²) in [4.78, 5) is 1.93. The van der Waals surface area contributed by atoms with Crippen LogP contribution in [0, 0.1) is 0 Å². The van der Waals surface area contributed by atoms with E-state index in [0.29, 0.717) is 28.6 Å². The Balaban J connectivity index is 2.37. The number of methoxy groups -OCH3 is 3. The number of ether oxygens (including phenoxy) is 3. The summed E-state index contributed by atoms with van der Waals surface area (Å²) in [5.41, 5.74) is 12.7. The minimum absolute atomic E-state index is 0.562. The van der Waals surface area contributed by atoms with Crippen LogP contribution in [0.1, 0.15) is 0 Å². The standard InChI is InChI=1S/C15H18N2O3S/c1-18-13-7-10(8-14(19-2)15(13)20-3)21-9-4-5-11(16)12(17)6-9/h4-8H,16-17H2,1-3H3. The monoisotopic (exact) mass is 306 g/mol. The molecule has 0 bridgehead atoms. The van der Waals surface area contributed by atoms with E-state index in [9.17, 15) is 0 Å². The first-order chi connectivity index (χ1) is 10.1. The number of nitrogens with two attached hydrogens (primary N) is 2. The zero-order valence-corrected chi connectivity index (χ0v) is 13.0. The van der Waals surface area contributed by atoms with Crippen molar-refractivity contribution in [3.8, 4) is 17.2 Å².